The second kappa shape index (κ2) is 6.52. The van der Waals surface area contributed by atoms with Crippen LogP contribution in [-0.4, -0.2) is 25.0 Å². The SMILES string of the molecule is C[C@@H]1C[C@H](C)C[NH+]([C@@H](C)C(=O)Nc2cc(F)ccc2F)C1. The highest BCUT2D eigenvalue weighted by Crippen LogP contribution is 2.16. The molecule has 0 aliphatic carbocycles. The molecule has 5 heteroatoms. The maximum absolute atomic E-state index is 13.6. The summed E-state index contributed by atoms with van der Waals surface area (Å²) in [5, 5.41) is 2.50. The first-order chi connectivity index (χ1) is 9.86. The predicted molar refractivity (Wildman–Crippen MR) is 78.1 cm³/mol. The molecule has 0 spiro atoms. The first-order valence-corrected chi connectivity index (χ1v) is 7.47. The number of hydrogen-bond acceptors (Lipinski definition) is 1. The van der Waals surface area contributed by atoms with E-state index in [0.29, 0.717) is 11.8 Å². The van der Waals surface area contributed by atoms with Gasteiger partial charge in [0.25, 0.3) is 5.91 Å². The maximum Gasteiger partial charge on any atom is 0.282 e. The van der Waals surface area contributed by atoms with Gasteiger partial charge in [-0.1, -0.05) is 13.8 Å². The Morgan fingerprint density at radius 1 is 1.29 bits per heavy atom. The number of benzene rings is 1. The molecule has 21 heavy (non-hydrogen) atoms. The molecule has 0 bridgehead atoms. The van der Waals surface area contributed by atoms with E-state index in [-0.39, 0.29) is 17.6 Å². The Morgan fingerprint density at radius 2 is 1.90 bits per heavy atom. The van der Waals surface area contributed by atoms with Gasteiger partial charge in [0.2, 0.25) is 0 Å². The van der Waals surface area contributed by atoms with Gasteiger partial charge in [0.15, 0.2) is 6.04 Å². The first-order valence-electron chi connectivity index (χ1n) is 7.47. The molecule has 1 fully saturated rings. The Bertz CT molecular complexity index is 511. The Morgan fingerprint density at radius 3 is 2.52 bits per heavy atom. The van der Waals surface area contributed by atoms with Gasteiger partial charge in [-0.2, -0.15) is 0 Å². The number of quaternary nitrogens is 1. The highest BCUT2D eigenvalue weighted by molar-refractivity contribution is 5.93. The summed E-state index contributed by atoms with van der Waals surface area (Å²) < 4.78 is 26.7. The Hall–Kier alpha value is -1.49. The van der Waals surface area contributed by atoms with Crippen LogP contribution in [0.2, 0.25) is 0 Å². The second-order valence-electron chi connectivity index (χ2n) is 6.35. The van der Waals surface area contributed by atoms with Crippen LogP contribution in [0.4, 0.5) is 14.5 Å². The number of likely N-dealkylation sites (tertiary alicyclic amines) is 1. The van der Waals surface area contributed by atoms with Crippen LogP contribution < -0.4 is 10.2 Å². The molecule has 1 heterocycles. The van der Waals surface area contributed by atoms with Gasteiger partial charge in [0.05, 0.1) is 18.8 Å². The van der Waals surface area contributed by atoms with Gasteiger partial charge in [0.1, 0.15) is 11.6 Å². The van der Waals surface area contributed by atoms with Crippen molar-refractivity contribution in [2.45, 2.75) is 33.2 Å². The monoisotopic (exact) mass is 297 g/mol. The van der Waals surface area contributed by atoms with Crippen LogP contribution in [0, 0.1) is 23.5 Å². The molecule has 1 amide bonds. The van der Waals surface area contributed by atoms with E-state index >= 15 is 0 Å². The predicted octanol–water partition coefficient (Wildman–Crippen LogP) is 1.85. The fourth-order valence-corrected chi connectivity index (χ4v) is 3.21. The van der Waals surface area contributed by atoms with Gasteiger partial charge < -0.3 is 10.2 Å². The molecule has 2 rings (SSSR count). The van der Waals surface area contributed by atoms with Crippen LogP contribution in [0.1, 0.15) is 27.2 Å². The number of rotatable bonds is 3. The second-order valence-corrected chi connectivity index (χ2v) is 6.35. The van der Waals surface area contributed by atoms with Gasteiger partial charge in [-0.05, 0) is 25.5 Å². The molecule has 3 nitrogen and oxygen atoms in total. The first kappa shape index (κ1) is 15.9. The van der Waals surface area contributed by atoms with E-state index in [1.54, 1.807) is 0 Å². The average molecular weight is 297 g/mol. The minimum absolute atomic E-state index is 0.0932. The van der Waals surface area contributed by atoms with Gasteiger partial charge >= 0.3 is 0 Å². The van der Waals surface area contributed by atoms with E-state index in [2.05, 4.69) is 19.2 Å². The third-order valence-corrected chi connectivity index (χ3v) is 4.22. The number of nitrogens with one attached hydrogen (secondary N) is 2. The lowest BCUT2D eigenvalue weighted by atomic mass is 9.91. The molecule has 1 unspecified atom stereocenters. The molecular formula is C16H23F2N2O+. The minimum Gasteiger partial charge on any atom is -0.324 e. The van der Waals surface area contributed by atoms with Crippen molar-refractivity contribution >= 4 is 11.6 Å². The molecule has 1 aliphatic heterocycles. The average Bonchev–Trinajstić information content (AvgIpc) is 2.41. The lowest BCUT2D eigenvalue weighted by Gasteiger charge is -2.35. The smallest absolute Gasteiger partial charge is 0.282 e. The Labute approximate surface area is 124 Å². The number of amides is 1. The molecular weight excluding hydrogens is 274 g/mol. The van der Waals surface area contributed by atoms with Crippen molar-refractivity contribution in [2.75, 3.05) is 18.4 Å². The van der Waals surface area contributed by atoms with Crippen molar-refractivity contribution in [2.24, 2.45) is 11.8 Å². The highest BCUT2D eigenvalue weighted by Gasteiger charge is 2.32. The van der Waals surface area contributed by atoms with Crippen LogP contribution in [0.3, 0.4) is 0 Å². The van der Waals surface area contributed by atoms with Crippen LogP contribution in [0.5, 0.6) is 0 Å². The molecule has 1 saturated heterocycles. The fraction of sp³-hybridized carbons (Fsp3) is 0.562. The zero-order valence-electron chi connectivity index (χ0n) is 12.7. The number of piperidine rings is 1. The standard InChI is InChI=1S/C16H22F2N2O/c1-10-6-11(2)9-20(8-10)12(3)16(21)19-15-7-13(17)4-5-14(15)18/h4-5,7,10-12H,6,8-9H2,1-3H3,(H,19,21)/p+1/t10-,11+,12-/m0/s1. The summed E-state index contributed by atoms with van der Waals surface area (Å²) in [5.41, 5.74) is -0.0932. The minimum atomic E-state index is -0.618. The lowest BCUT2D eigenvalue weighted by Crippen LogP contribution is -3.18. The zero-order valence-corrected chi connectivity index (χ0v) is 12.7. The topological polar surface area (TPSA) is 33.5 Å². The highest BCUT2D eigenvalue weighted by atomic mass is 19.1. The summed E-state index contributed by atoms with van der Waals surface area (Å²) in [6.45, 7) is 8.08. The maximum atomic E-state index is 13.6. The van der Waals surface area contributed by atoms with Crippen molar-refractivity contribution in [3.63, 3.8) is 0 Å². The number of carbonyl (C=O) groups is 1. The number of anilines is 1. The van der Waals surface area contributed by atoms with E-state index in [9.17, 15) is 13.6 Å². The third-order valence-electron chi connectivity index (χ3n) is 4.22. The Kier molecular flexibility index (Phi) is 4.93. The number of hydrogen-bond donors (Lipinski definition) is 2. The zero-order chi connectivity index (χ0) is 15.6. The van der Waals surface area contributed by atoms with E-state index in [1.807, 2.05) is 6.92 Å². The lowest BCUT2D eigenvalue weighted by molar-refractivity contribution is -0.925. The molecule has 2 N–H and O–H groups in total. The largest absolute Gasteiger partial charge is 0.324 e. The van der Waals surface area contributed by atoms with Gasteiger partial charge in [-0.3, -0.25) is 4.79 Å². The molecule has 116 valence electrons. The van der Waals surface area contributed by atoms with Gasteiger partial charge in [-0.15, -0.1) is 0 Å². The van der Waals surface area contributed by atoms with Crippen molar-refractivity contribution in [1.82, 2.24) is 0 Å². The third kappa shape index (κ3) is 4.00. The molecule has 4 atom stereocenters. The summed E-state index contributed by atoms with van der Waals surface area (Å²) in [6, 6.07) is 2.79. The van der Waals surface area contributed by atoms with E-state index in [0.717, 1.165) is 31.3 Å². The molecule has 0 radical (unpaired) electrons. The quantitative estimate of drug-likeness (QED) is 0.877. The summed E-state index contributed by atoms with van der Waals surface area (Å²) in [7, 11) is 0. The van der Waals surface area contributed by atoms with Crippen molar-refractivity contribution in [1.29, 1.82) is 0 Å². The summed E-state index contributed by atoms with van der Waals surface area (Å²) in [6.07, 6.45) is 1.18. The molecule has 1 aliphatic rings. The van der Waals surface area contributed by atoms with Crippen LogP contribution in [-0.2, 0) is 4.79 Å². The summed E-state index contributed by atoms with van der Waals surface area (Å²) >= 11 is 0. The molecule has 1 aromatic carbocycles. The fourth-order valence-electron chi connectivity index (χ4n) is 3.21. The van der Waals surface area contributed by atoms with Crippen LogP contribution in [0.25, 0.3) is 0 Å². The van der Waals surface area contributed by atoms with Gasteiger partial charge in [-0.25, -0.2) is 8.78 Å². The summed E-state index contributed by atoms with van der Waals surface area (Å²) in [5.74, 6) is -0.301. The van der Waals surface area contributed by atoms with E-state index in [4.69, 9.17) is 0 Å². The van der Waals surface area contributed by atoms with E-state index in [1.165, 1.54) is 11.3 Å². The Balaban J connectivity index is 2.04. The van der Waals surface area contributed by atoms with Crippen LogP contribution >= 0.6 is 0 Å². The van der Waals surface area contributed by atoms with Gasteiger partial charge in [0, 0.05) is 17.9 Å². The normalized spacial score (nSPS) is 27.2. The van der Waals surface area contributed by atoms with Crippen molar-refractivity contribution in [3.05, 3.63) is 29.8 Å². The number of halogens is 2. The molecule has 1 aromatic rings. The van der Waals surface area contributed by atoms with Crippen molar-refractivity contribution in [3.8, 4) is 0 Å². The molecule has 0 saturated carbocycles. The van der Waals surface area contributed by atoms with Crippen LogP contribution in [0.15, 0.2) is 18.2 Å². The van der Waals surface area contributed by atoms with E-state index < -0.39 is 11.6 Å². The summed E-state index contributed by atoms with van der Waals surface area (Å²) in [4.78, 5) is 13.5. The number of carbonyl (C=O) groups excluding carboxylic acids is 1. The van der Waals surface area contributed by atoms with Crippen molar-refractivity contribution < 1.29 is 18.5 Å². The molecule has 0 aromatic heterocycles.